The lowest BCUT2D eigenvalue weighted by molar-refractivity contribution is 0.0992. The number of hydrogen-bond acceptors (Lipinski definition) is 1. The molecule has 0 atom stereocenters. The van der Waals surface area contributed by atoms with E-state index in [4.69, 9.17) is 0 Å². The molecule has 0 aliphatic carbocycles. The van der Waals surface area contributed by atoms with Crippen molar-refractivity contribution in [3.8, 4) is 0 Å². The summed E-state index contributed by atoms with van der Waals surface area (Å²) in [7, 11) is 0. The molecule has 0 heterocycles. The molecular formula is C18H20O. The Labute approximate surface area is 115 Å². The first-order valence-electron chi connectivity index (χ1n) is 6.79. The second kappa shape index (κ2) is 5.83. The highest BCUT2D eigenvalue weighted by Gasteiger charge is 2.10. The summed E-state index contributed by atoms with van der Waals surface area (Å²) in [5.41, 5.74) is 5.51. The number of rotatable bonds is 4. The number of carbonyl (C=O) groups excluding carboxylic acids is 1. The number of hydrogen-bond donors (Lipinski definition) is 0. The first-order valence-corrected chi connectivity index (χ1v) is 6.79. The summed E-state index contributed by atoms with van der Waals surface area (Å²) in [5.74, 6) is 0.199. The van der Waals surface area contributed by atoms with Gasteiger partial charge >= 0.3 is 0 Å². The van der Waals surface area contributed by atoms with Crippen molar-refractivity contribution in [3.05, 3.63) is 70.3 Å². The highest BCUT2D eigenvalue weighted by atomic mass is 16.1. The van der Waals surface area contributed by atoms with E-state index in [0.29, 0.717) is 6.42 Å². The smallest absolute Gasteiger partial charge is 0.167 e. The molecule has 2 rings (SSSR count). The third-order valence-electron chi connectivity index (χ3n) is 3.70. The SMILES string of the molecule is CCc1ccc(CC(=O)c2cccc(C)c2C)cc1. The molecule has 0 spiro atoms. The number of Topliss-reactive ketones (excluding diaryl/α,β-unsaturated/α-hetero) is 1. The lowest BCUT2D eigenvalue weighted by Crippen LogP contribution is -2.06. The van der Waals surface area contributed by atoms with E-state index in [1.165, 1.54) is 11.1 Å². The third kappa shape index (κ3) is 3.11. The van der Waals surface area contributed by atoms with Gasteiger partial charge in [-0.1, -0.05) is 49.4 Å². The molecule has 0 amide bonds. The quantitative estimate of drug-likeness (QED) is 0.742. The molecule has 98 valence electrons. The molecule has 0 saturated heterocycles. The second-order valence-electron chi connectivity index (χ2n) is 5.02. The van der Waals surface area contributed by atoms with Gasteiger partial charge in [0.1, 0.15) is 0 Å². The van der Waals surface area contributed by atoms with Gasteiger partial charge in [0.05, 0.1) is 0 Å². The first-order chi connectivity index (χ1) is 9.11. The Morgan fingerprint density at radius 2 is 1.58 bits per heavy atom. The van der Waals surface area contributed by atoms with Crippen molar-refractivity contribution in [2.45, 2.75) is 33.6 Å². The third-order valence-corrected chi connectivity index (χ3v) is 3.70. The zero-order valence-corrected chi connectivity index (χ0v) is 11.9. The Balaban J connectivity index is 2.18. The highest BCUT2D eigenvalue weighted by Crippen LogP contribution is 2.16. The van der Waals surface area contributed by atoms with Gasteiger partial charge in [0.2, 0.25) is 0 Å². The minimum Gasteiger partial charge on any atom is -0.294 e. The van der Waals surface area contributed by atoms with Crippen LogP contribution in [0.2, 0.25) is 0 Å². The molecule has 0 saturated carbocycles. The minimum atomic E-state index is 0.199. The molecule has 0 N–H and O–H groups in total. The molecule has 0 bridgehead atoms. The van der Waals surface area contributed by atoms with Crippen LogP contribution in [0, 0.1) is 13.8 Å². The Morgan fingerprint density at radius 3 is 2.21 bits per heavy atom. The molecule has 19 heavy (non-hydrogen) atoms. The fourth-order valence-electron chi connectivity index (χ4n) is 2.23. The normalized spacial score (nSPS) is 10.5. The van der Waals surface area contributed by atoms with Gasteiger partial charge in [0.25, 0.3) is 0 Å². The van der Waals surface area contributed by atoms with Gasteiger partial charge in [-0.3, -0.25) is 4.79 Å². The van der Waals surface area contributed by atoms with Gasteiger partial charge in [0, 0.05) is 12.0 Å². The molecule has 0 fully saturated rings. The van der Waals surface area contributed by atoms with Crippen molar-refractivity contribution >= 4 is 5.78 Å². The average Bonchev–Trinajstić information content (AvgIpc) is 2.42. The van der Waals surface area contributed by atoms with Gasteiger partial charge < -0.3 is 0 Å². The summed E-state index contributed by atoms with van der Waals surface area (Å²) in [4.78, 5) is 12.3. The van der Waals surface area contributed by atoms with Gasteiger partial charge in [-0.05, 0) is 42.5 Å². The summed E-state index contributed by atoms with van der Waals surface area (Å²) in [6, 6.07) is 14.2. The van der Waals surface area contributed by atoms with Crippen molar-refractivity contribution < 1.29 is 4.79 Å². The molecular weight excluding hydrogens is 232 g/mol. The molecule has 0 aromatic heterocycles. The van der Waals surface area contributed by atoms with E-state index in [1.807, 2.05) is 32.0 Å². The van der Waals surface area contributed by atoms with E-state index in [-0.39, 0.29) is 5.78 Å². The number of aryl methyl sites for hydroxylation is 2. The van der Waals surface area contributed by atoms with Crippen LogP contribution in [-0.2, 0) is 12.8 Å². The highest BCUT2D eigenvalue weighted by molar-refractivity contribution is 5.99. The molecule has 0 aliphatic heterocycles. The monoisotopic (exact) mass is 252 g/mol. The topological polar surface area (TPSA) is 17.1 Å². The number of carbonyl (C=O) groups is 1. The van der Waals surface area contributed by atoms with Crippen LogP contribution in [0.3, 0.4) is 0 Å². The molecule has 2 aromatic carbocycles. The number of ketones is 1. The Bertz CT molecular complexity index is 579. The van der Waals surface area contributed by atoms with Crippen molar-refractivity contribution in [1.82, 2.24) is 0 Å². The molecule has 0 unspecified atom stereocenters. The van der Waals surface area contributed by atoms with E-state index in [1.54, 1.807) is 0 Å². The second-order valence-corrected chi connectivity index (χ2v) is 5.02. The summed E-state index contributed by atoms with van der Waals surface area (Å²) in [6.45, 7) is 6.20. The van der Waals surface area contributed by atoms with Crippen LogP contribution >= 0.6 is 0 Å². The van der Waals surface area contributed by atoms with Crippen LogP contribution in [0.4, 0.5) is 0 Å². The molecule has 1 heteroatoms. The van der Waals surface area contributed by atoms with Gasteiger partial charge in [-0.15, -0.1) is 0 Å². The number of benzene rings is 2. The maximum atomic E-state index is 12.3. The summed E-state index contributed by atoms with van der Waals surface area (Å²) in [6.07, 6.45) is 1.51. The minimum absolute atomic E-state index is 0.199. The summed E-state index contributed by atoms with van der Waals surface area (Å²) < 4.78 is 0. The van der Waals surface area contributed by atoms with Crippen LogP contribution in [0.15, 0.2) is 42.5 Å². The van der Waals surface area contributed by atoms with Crippen molar-refractivity contribution in [3.63, 3.8) is 0 Å². The van der Waals surface area contributed by atoms with Crippen molar-refractivity contribution in [1.29, 1.82) is 0 Å². The van der Waals surface area contributed by atoms with E-state index in [2.05, 4.69) is 31.2 Å². The molecule has 0 aliphatic rings. The van der Waals surface area contributed by atoms with Crippen LogP contribution in [0.25, 0.3) is 0 Å². The standard InChI is InChI=1S/C18H20O/c1-4-15-8-10-16(11-9-15)12-18(19)17-7-5-6-13(2)14(17)3/h5-11H,4,12H2,1-3H3. The van der Waals surface area contributed by atoms with E-state index in [0.717, 1.165) is 23.1 Å². The largest absolute Gasteiger partial charge is 0.294 e. The Hall–Kier alpha value is -1.89. The fraction of sp³-hybridized carbons (Fsp3) is 0.278. The first kappa shape index (κ1) is 13.5. The lowest BCUT2D eigenvalue weighted by atomic mass is 9.96. The molecule has 2 aromatic rings. The van der Waals surface area contributed by atoms with Gasteiger partial charge in [-0.2, -0.15) is 0 Å². The fourth-order valence-corrected chi connectivity index (χ4v) is 2.23. The van der Waals surface area contributed by atoms with Crippen LogP contribution in [-0.4, -0.2) is 5.78 Å². The van der Waals surface area contributed by atoms with Crippen LogP contribution < -0.4 is 0 Å². The maximum Gasteiger partial charge on any atom is 0.167 e. The van der Waals surface area contributed by atoms with Gasteiger partial charge in [0.15, 0.2) is 5.78 Å². The summed E-state index contributed by atoms with van der Waals surface area (Å²) >= 11 is 0. The zero-order valence-electron chi connectivity index (χ0n) is 11.9. The average molecular weight is 252 g/mol. The van der Waals surface area contributed by atoms with Crippen LogP contribution in [0.5, 0.6) is 0 Å². The van der Waals surface area contributed by atoms with Crippen molar-refractivity contribution in [2.75, 3.05) is 0 Å². The van der Waals surface area contributed by atoms with Crippen molar-refractivity contribution in [2.24, 2.45) is 0 Å². The van der Waals surface area contributed by atoms with Crippen LogP contribution in [0.1, 0.15) is 39.5 Å². The zero-order chi connectivity index (χ0) is 13.8. The van der Waals surface area contributed by atoms with E-state index < -0.39 is 0 Å². The lowest BCUT2D eigenvalue weighted by Gasteiger charge is -2.08. The molecule has 0 radical (unpaired) electrons. The maximum absolute atomic E-state index is 12.3. The molecule has 1 nitrogen and oxygen atoms in total. The summed E-state index contributed by atoms with van der Waals surface area (Å²) in [5, 5.41) is 0. The Kier molecular flexibility index (Phi) is 4.16. The predicted molar refractivity (Wildman–Crippen MR) is 79.8 cm³/mol. The van der Waals surface area contributed by atoms with E-state index >= 15 is 0 Å². The predicted octanol–water partition coefficient (Wildman–Crippen LogP) is 4.29. The van der Waals surface area contributed by atoms with Gasteiger partial charge in [-0.25, -0.2) is 0 Å². The Morgan fingerprint density at radius 1 is 0.947 bits per heavy atom. The van der Waals surface area contributed by atoms with E-state index in [9.17, 15) is 4.79 Å².